The molecule has 3 rings (SSSR count). The maximum atomic E-state index is 5.06. The molecule has 0 atom stereocenters. The van der Waals surface area contributed by atoms with Crippen molar-refractivity contribution >= 4 is 0 Å². The minimum Gasteiger partial charge on any atom is -0.343 e. The quantitative estimate of drug-likeness (QED) is 0.412. The van der Waals surface area contributed by atoms with E-state index in [1.54, 1.807) is 0 Å². The van der Waals surface area contributed by atoms with Gasteiger partial charge in [0.15, 0.2) is 0 Å². The summed E-state index contributed by atoms with van der Waals surface area (Å²) >= 11 is 0. The van der Waals surface area contributed by atoms with Crippen LogP contribution in [-0.4, -0.2) is 62.2 Å². The fourth-order valence-corrected chi connectivity index (χ4v) is 1.64. The van der Waals surface area contributed by atoms with Crippen LogP contribution in [0.4, 0.5) is 0 Å². The fraction of sp³-hybridized carbons (Fsp3) is 0.882. The van der Waals surface area contributed by atoms with E-state index in [1.165, 1.54) is 52.1 Å². The van der Waals surface area contributed by atoms with E-state index in [4.69, 9.17) is 11.5 Å². The van der Waals surface area contributed by atoms with Gasteiger partial charge >= 0.3 is 37.7 Å². The second kappa shape index (κ2) is 27.9. The van der Waals surface area contributed by atoms with Crippen LogP contribution in [0.3, 0.4) is 0 Å². The first-order valence-corrected chi connectivity index (χ1v) is 8.63. The van der Waals surface area contributed by atoms with E-state index < -0.39 is 0 Å². The van der Waals surface area contributed by atoms with Crippen molar-refractivity contribution in [1.82, 2.24) is 9.80 Å². The van der Waals surface area contributed by atoms with E-state index in [0.717, 1.165) is 32.4 Å². The summed E-state index contributed by atoms with van der Waals surface area (Å²) in [5, 5.41) is 0. The number of fused-ring (bicyclic) bond motifs is 3. The molecular weight excluding hydrogens is 274 g/mol. The van der Waals surface area contributed by atoms with Gasteiger partial charge in [-0.25, -0.2) is 0 Å². The molecule has 0 amide bonds. The first-order chi connectivity index (χ1) is 10.2. The third-order valence-electron chi connectivity index (χ3n) is 3.31. The molecule has 0 aromatic heterocycles. The maximum absolute atomic E-state index is 5.06. The van der Waals surface area contributed by atoms with Gasteiger partial charge in [-0.2, -0.15) is 12.8 Å². The van der Waals surface area contributed by atoms with Crippen LogP contribution in [0, 0.1) is 13.8 Å². The topological polar surface area (TPSA) is 58.5 Å². The molecule has 0 aliphatic carbocycles. The summed E-state index contributed by atoms with van der Waals surface area (Å²) in [5.74, 6) is 0. The molecule has 3 saturated heterocycles. The molecule has 6 heteroatoms. The number of nitrogens with zero attached hydrogens (tertiary/aromatic N) is 2. The summed E-state index contributed by atoms with van der Waals surface area (Å²) < 4.78 is 0. The van der Waals surface area contributed by atoms with Gasteiger partial charge in [-0.05, 0) is 19.5 Å². The van der Waals surface area contributed by atoms with Crippen molar-refractivity contribution in [3.05, 3.63) is 13.8 Å². The Morgan fingerprint density at radius 2 is 0.913 bits per heavy atom. The molecule has 3 aliphatic heterocycles. The molecule has 0 aromatic rings. The van der Waals surface area contributed by atoms with E-state index in [9.17, 15) is 0 Å². The van der Waals surface area contributed by atoms with Crippen LogP contribution in [0.25, 0.3) is 0 Å². The molecule has 3 fully saturated rings. The van der Waals surface area contributed by atoms with Gasteiger partial charge in [0.1, 0.15) is 0 Å². The molecule has 0 spiro atoms. The predicted molar refractivity (Wildman–Crippen MR) is 96.1 cm³/mol. The normalized spacial score (nSPS) is 20.1. The van der Waals surface area contributed by atoms with Crippen molar-refractivity contribution in [2.75, 3.05) is 52.4 Å². The number of hydrogen-bond acceptors (Lipinski definition) is 4. The summed E-state index contributed by atoms with van der Waals surface area (Å²) in [6.45, 7) is 20.8. The molecule has 4 N–H and O–H groups in total. The fourth-order valence-electron chi connectivity index (χ4n) is 1.64. The Hall–Kier alpha value is 1.03. The average Bonchev–Trinajstić information content (AvgIpc) is 2.58. The summed E-state index contributed by atoms with van der Waals surface area (Å²) in [6.07, 6.45) is 5.50. The Morgan fingerprint density at radius 1 is 0.696 bits per heavy atom. The third kappa shape index (κ3) is 25.4. The maximum Gasteiger partial charge on any atom is 1.00 e. The Balaban J connectivity index is -0.000000108. The molecule has 23 heavy (non-hydrogen) atoms. The van der Waals surface area contributed by atoms with Crippen molar-refractivity contribution < 1.29 is 37.7 Å². The van der Waals surface area contributed by atoms with Crippen molar-refractivity contribution in [2.24, 2.45) is 11.5 Å². The summed E-state index contributed by atoms with van der Waals surface area (Å²) in [6, 6.07) is 0. The predicted octanol–water partition coefficient (Wildman–Crippen LogP) is -3.84. The second-order valence-corrected chi connectivity index (χ2v) is 5.32. The van der Waals surface area contributed by atoms with Gasteiger partial charge in [0.05, 0.1) is 0 Å². The smallest absolute Gasteiger partial charge is 0.343 e. The molecule has 130 valence electrons. The van der Waals surface area contributed by atoms with Gasteiger partial charge in [-0.15, -0.1) is 0 Å². The number of rotatable bonds is 4. The van der Waals surface area contributed by atoms with Gasteiger partial charge in [0.25, 0.3) is 0 Å². The Bertz CT molecular complexity index is 145. The standard InChI is InChI=1S/C6H12N2.2C4H9.C3H10N2.2Li/c1-2-8-5-3-7(1)4-6-8;2*1-3-4-2;4-2-1-3-5;;/h1-6H2;2*1,3-4H2,2H3;1-5H2;;/q;2*-1;;2*+1. The van der Waals surface area contributed by atoms with Crippen LogP contribution in [0.2, 0.25) is 0 Å². The first-order valence-electron chi connectivity index (χ1n) is 8.63. The van der Waals surface area contributed by atoms with Crippen LogP contribution in [-0.2, 0) is 0 Å². The van der Waals surface area contributed by atoms with Gasteiger partial charge in [-0.3, -0.25) is 9.80 Å². The third-order valence-corrected chi connectivity index (χ3v) is 3.31. The molecule has 3 aliphatic rings. The number of hydrogen-bond donors (Lipinski definition) is 2. The van der Waals surface area contributed by atoms with Crippen molar-refractivity contribution in [2.45, 2.75) is 46.0 Å². The zero-order valence-electron chi connectivity index (χ0n) is 16.7. The van der Waals surface area contributed by atoms with Crippen LogP contribution in [0.1, 0.15) is 46.0 Å². The summed E-state index contributed by atoms with van der Waals surface area (Å²) in [5.41, 5.74) is 10.1. The molecular formula is C17H40Li2N4. The SMILES string of the molecule is C1CN2CCN1CC2.NCCCN.[CH2-]CCC.[CH2-]CCC.[Li+].[Li+]. The minimum absolute atomic E-state index is 0. The van der Waals surface area contributed by atoms with E-state index in [1.807, 2.05) is 0 Å². The second-order valence-electron chi connectivity index (χ2n) is 5.32. The van der Waals surface area contributed by atoms with E-state index in [2.05, 4.69) is 37.5 Å². The molecule has 2 bridgehead atoms. The van der Waals surface area contributed by atoms with Gasteiger partial charge in [0, 0.05) is 39.3 Å². The number of unbranched alkanes of at least 4 members (excludes halogenated alkanes) is 2. The monoisotopic (exact) mass is 314 g/mol. The Kier molecular flexibility index (Phi) is 38.5. The van der Waals surface area contributed by atoms with E-state index >= 15 is 0 Å². The van der Waals surface area contributed by atoms with Crippen molar-refractivity contribution in [3.63, 3.8) is 0 Å². The zero-order valence-corrected chi connectivity index (χ0v) is 16.7. The Labute approximate surface area is 170 Å². The number of piperazine rings is 3. The minimum atomic E-state index is 0. The van der Waals surface area contributed by atoms with Crippen LogP contribution in [0.15, 0.2) is 0 Å². The van der Waals surface area contributed by atoms with Gasteiger partial charge in [-0.1, -0.05) is 26.7 Å². The Morgan fingerprint density at radius 3 is 0.957 bits per heavy atom. The average molecular weight is 314 g/mol. The number of nitrogens with two attached hydrogens (primary N) is 2. The van der Waals surface area contributed by atoms with Crippen molar-refractivity contribution in [1.29, 1.82) is 0 Å². The summed E-state index contributed by atoms with van der Waals surface area (Å²) in [7, 11) is 0. The van der Waals surface area contributed by atoms with E-state index in [0.29, 0.717) is 0 Å². The van der Waals surface area contributed by atoms with Crippen molar-refractivity contribution in [3.8, 4) is 0 Å². The largest absolute Gasteiger partial charge is 1.00 e. The first kappa shape index (κ1) is 31.8. The van der Waals surface area contributed by atoms with Crippen LogP contribution >= 0.6 is 0 Å². The molecule has 0 aromatic carbocycles. The van der Waals surface area contributed by atoms with Gasteiger partial charge < -0.3 is 25.3 Å². The molecule has 4 nitrogen and oxygen atoms in total. The molecule has 0 unspecified atom stereocenters. The zero-order chi connectivity index (χ0) is 16.3. The molecule has 0 saturated carbocycles. The van der Waals surface area contributed by atoms with Gasteiger partial charge in [0.2, 0.25) is 0 Å². The van der Waals surface area contributed by atoms with Crippen LogP contribution in [0.5, 0.6) is 0 Å². The molecule has 3 heterocycles. The van der Waals surface area contributed by atoms with Crippen LogP contribution < -0.4 is 49.2 Å². The summed E-state index contributed by atoms with van der Waals surface area (Å²) in [4.78, 5) is 5.08. The van der Waals surface area contributed by atoms with E-state index in [-0.39, 0.29) is 37.7 Å². The molecule has 0 radical (unpaired) electrons.